The maximum absolute atomic E-state index is 13.6. The standard InChI is InChI=1S/C27H34ClFO4/c1-9-18(12-10-11-17(6)23(29)26(30)31)19-13-20-21(15(2)3)14-27(7,8)33-25(20)22(28)24(19)32-16(4)5/h10-16H,9H2,1-8H3,(H,30,31). The fourth-order valence-corrected chi connectivity index (χ4v) is 3.98. The lowest BCUT2D eigenvalue weighted by molar-refractivity contribution is -0.134. The van der Waals surface area contributed by atoms with Gasteiger partial charge in [-0.25, -0.2) is 4.79 Å². The first-order chi connectivity index (χ1) is 15.3. The number of fused-ring (bicyclic) bond motifs is 1. The van der Waals surface area contributed by atoms with Gasteiger partial charge in [0.15, 0.2) is 5.75 Å². The van der Waals surface area contributed by atoms with E-state index >= 15 is 0 Å². The van der Waals surface area contributed by atoms with E-state index in [4.69, 9.17) is 26.2 Å². The van der Waals surface area contributed by atoms with Gasteiger partial charge in [-0.2, -0.15) is 4.39 Å². The summed E-state index contributed by atoms with van der Waals surface area (Å²) < 4.78 is 26.0. The summed E-state index contributed by atoms with van der Waals surface area (Å²) in [5.74, 6) is -1.35. The molecule has 1 aromatic carbocycles. The van der Waals surface area contributed by atoms with Crippen LogP contribution < -0.4 is 9.47 Å². The Morgan fingerprint density at radius 3 is 2.45 bits per heavy atom. The average Bonchev–Trinajstić information content (AvgIpc) is 2.71. The summed E-state index contributed by atoms with van der Waals surface area (Å²) in [6, 6.07) is 2.05. The number of aliphatic carboxylic acids is 1. The summed E-state index contributed by atoms with van der Waals surface area (Å²) in [6.07, 6.45) is 7.58. The first-order valence-corrected chi connectivity index (χ1v) is 11.6. The Morgan fingerprint density at radius 1 is 1.30 bits per heavy atom. The molecular formula is C27H34ClFO4. The summed E-state index contributed by atoms with van der Waals surface area (Å²) in [7, 11) is 0. The molecule has 0 aromatic heterocycles. The van der Waals surface area contributed by atoms with E-state index in [0.717, 1.165) is 22.3 Å². The van der Waals surface area contributed by atoms with E-state index in [1.54, 1.807) is 6.08 Å². The highest BCUT2D eigenvalue weighted by atomic mass is 35.5. The van der Waals surface area contributed by atoms with Crippen LogP contribution in [0, 0.1) is 5.92 Å². The molecule has 33 heavy (non-hydrogen) atoms. The zero-order chi connectivity index (χ0) is 25.1. The van der Waals surface area contributed by atoms with Gasteiger partial charge in [-0.1, -0.05) is 50.6 Å². The van der Waals surface area contributed by atoms with Crippen molar-refractivity contribution in [2.45, 2.75) is 73.5 Å². The van der Waals surface area contributed by atoms with E-state index in [9.17, 15) is 9.18 Å². The van der Waals surface area contributed by atoms with Crippen molar-refractivity contribution in [3.05, 3.63) is 57.9 Å². The van der Waals surface area contributed by atoms with Gasteiger partial charge in [0.25, 0.3) is 0 Å². The third-order valence-corrected chi connectivity index (χ3v) is 5.58. The average molecular weight is 477 g/mol. The Kier molecular flexibility index (Phi) is 8.58. The SMILES string of the molecule is CCC(=CC=CC(C)=C(F)C(=O)O)c1cc2c(c(Cl)c1OC(C)C)OC(C)(C)C=C2C(C)C. The van der Waals surface area contributed by atoms with Gasteiger partial charge in [-0.05, 0) is 75.8 Å². The molecule has 0 bridgehead atoms. The molecule has 0 radical (unpaired) electrons. The van der Waals surface area contributed by atoms with E-state index in [2.05, 4.69) is 19.9 Å². The van der Waals surface area contributed by atoms with Gasteiger partial charge >= 0.3 is 5.97 Å². The summed E-state index contributed by atoms with van der Waals surface area (Å²) in [4.78, 5) is 10.8. The Balaban J connectivity index is 2.73. The molecule has 1 aliphatic heterocycles. The minimum Gasteiger partial charge on any atom is -0.489 e. The van der Waals surface area contributed by atoms with Gasteiger partial charge in [-0.15, -0.1) is 0 Å². The minimum atomic E-state index is -1.58. The van der Waals surface area contributed by atoms with Crippen LogP contribution in [0.5, 0.6) is 11.5 Å². The second-order valence-corrected chi connectivity index (χ2v) is 9.66. The van der Waals surface area contributed by atoms with Crippen molar-refractivity contribution in [2.75, 3.05) is 0 Å². The van der Waals surface area contributed by atoms with Crippen molar-refractivity contribution >= 4 is 28.7 Å². The quantitative estimate of drug-likeness (QED) is 0.305. The second-order valence-electron chi connectivity index (χ2n) is 9.28. The predicted molar refractivity (Wildman–Crippen MR) is 134 cm³/mol. The Labute approximate surface area is 201 Å². The number of halogens is 2. The lowest BCUT2D eigenvalue weighted by Crippen LogP contribution is -2.30. The highest BCUT2D eigenvalue weighted by Crippen LogP contribution is 2.50. The van der Waals surface area contributed by atoms with Crippen LogP contribution in [0.4, 0.5) is 4.39 Å². The van der Waals surface area contributed by atoms with Crippen molar-refractivity contribution in [1.29, 1.82) is 0 Å². The number of carboxylic acid groups (broad SMARTS) is 1. The summed E-state index contributed by atoms with van der Waals surface area (Å²) >= 11 is 6.89. The highest BCUT2D eigenvalue weighted by Gasteiger charge is 2.32. The van der Waals surface area contributed by atoms with Crippen LogP contribution in [0.15, 0.2) is 41.8 Å². The van der Waals surface area contributed by atoms with Gasteiger partial charge in [0, 0.05) is 11.1 Å². The lowest BCUT2D eigenvalue weighted by atomic mass is 9.85. The van der Waals surface area contributed by atoms with E-state index in [0.29, 0.717) is 22.9 Å². The molecule has 1 aromatic rings. The van der Waals surface area contributed by atoms with Crippen molar-refractivity contribution in [3.63, 3.8) is 0 Å². The monoisotopic (exact) mass is 476 g/mol. The van der Waals surface area contributed by atoms with Crippen LogP contribution in [0.25, 0.3) is 11.1 Å². The zero-order valence-corrected chi connectivity index (χ0v) is 21.4. The van der Waals surface area contributed by atoms with Crippen LogP contribution in [0.2, 0.25) is 5.02 Å². The number of rotatable bonds is 8. The van der Waals surface area contributed by atoms with Gasteiger partial charge < -0.3 is 14.6 Å². The Morgan fingerprint density at radius 2 is 1.94 bits per heavy atom. The Bertz CT molecular complexity index is 1040. The molecule has 0 fully saturated rings. The first-order valence-electron chi connectivity index (χ1n) is 11.2. The number of hydrogen-bond donors (Lipinski definition) is 1. The number of carbonyl (C=O) groups is 1. The third-order valence-electron chi connectivity index (χ3n) is 5.24. The molecule has 0 atom stereocenters. The summed E-state index contributed by atoms with van der Waals surface area (Å²) in [5, 5.41) is 9.25. The molecule has 1 heterocycles. The summed E-state index contributed by atoms with van der Waals surface area (Å²) in [6.45, 7) is 15.6. The molecular weight excluding hydrogens is 443 g/mol. The van der Waals surface area contributed by atoms with Gasteiger partial charge in [0.1, 0.15) is 16.4 Å². The zero-order valence-electron chi connectivity index (χ0n) is 20.7. The molecule has 1 aliphatic rings. The fourth-order valence-electron chi connectivity index (χ4n) is 3.69. The van der Waals surface area contributed by atoms with Crippen LogP contribution in [0.3, 0.4) is 0 Å². The van der Waals surface area contributed by atoms with Gasteiger partial charge in [-0.3, -0.25) is 0 Å². The molecule has 0 aliphatic carbocycles. The topological polar surface area (TPSA) is 55.8 Å². The molecule has 0 unspecified atom stereocenters. The molecule has 4 nitrogen and oxygen atoms in total. The maximum Gasteiger partial charge on any atom is 0.365 e. The number of ether oxygens (including phenoxy) is 2. The van der Waals surface area contributed by atoms with Crippen molar-refractivity contribution in [2.24, 2.45) is 5.92 Å². The van der Waals surface area contributed by atoms with Crippen LogP contribution >= 0.6 is 11.6 Å². The van der Waals surface area contributed by atoms with Crippen molar-refractivity contribution < 1.29 is 23.8 Å². The molecule has 0 saturated carbocycles. The maximum atomic E-state index is 13.6. The second kappa shape index (κ2) is 10.6. The Hall–Kier alpha value is -2.53. The highest BCUT2D eigenvalue weighted by molar-refractivity contribution is 6.34. The van der Waals surface area contributed by atoms with Crippen LogP contribution in [-0.2, 0) is 4.79 Å². The minimum absolute atomic E-state index is 0.0389. The van der Waals surface area contributed by atoms with Crippen molar-refractivity contribution in [1.82, 2.24) is 0 Å². The third kappa shape index (κ3) is 6.29. The first kappa shape index (κ1) is 26.7. The largest absolute Gasteiger partial charge is 0.489 e. The summed E-state index contributed by atoms with van der Waals surface area (Å²) in [5.41, 5.74) is 3.36. The number of allylic oxidation sites excluding steroid dienone is 6. The molecule has 180 valence electrons. The van der Waals surface area contributed by atoms with E-state index in [1.807, 2.05) is 46.8 Å². The fraction of sp³-hybridized carbons (Fsp3) is 0.444. The number of benzene rings is 1. The normalized spacial score (nSPS) is 16.5. The molecule has 2 rings (SSSR count). The molecule has 0 spiro atoms. The van der Waals surface area contributed by atoms with E-state index in [-0.39, 0.29) is 17.6 Å². The van der Waals surface area contributed by atoms with Gasteiger partial charge in [0.2, 0.25) is 5.83 Å². The molecule has 6 heteroatoms. The lowest BCUT2D eigenvalue weighted by Gasteiger charge is -2.34. The van der Waals surface area contributed by atoms with Crippen LogP contribution in [0.1, 0.15) is 72.9 Å². The number of hydrogen-bond acceptors (Lipinski definition) is 3. The van der Waals surface area contributed by atoms with E-state index < -0.39 is 17.4 Å². The molecule has 0 saturated heterocycles. The van der Waals surface area contributed by atoms with Crippen LogP contribution in [-0.4, -0.2) is 22.8 Å². The van der Waals surface area contributed by atoms with E-state index in [1.165, 1.54) is 13.0 Å². The number of carboxylic acids is 1. The van der Waals surface area contributed by atoms with Gasteiger partial charge in [0.05, 0.1) is 6.10 Å². The molecule has 0 amide bonds. The van der Waals surface area contributed by atoms with Crippen molar-refractivity contribution in [3.8, 4) is 11.5 Å². The predicted octanol–water partition coefficient (Wildman–Crippen LogP) is 8.02. The smallest absolute Gasteiger partial charge is 0.365 e. The molecule has 1 N–H and O–H groups in total.